The molecule has 6 atom stereocenters. The number of carbonyl (C=O) groups is 4. The van der Waals surface area contributed by atoms with Crippen LogP contribution in [0.1, 0.15) is 26.7 Å². The maximum absolute atomic E-state index is 12.4. The smallest absolute Gasteiger partial charge is 0.353 e. The number of hydrogen-bond acceptors (Lipinski definition) is 8. The molecule has 0 aromatic rings. The van der Waals surface area contributed by atoms with Crippen molar-refractivity contribution in [3.63, 3.8) is 0 Å². The molecule has 2 saturated heterocycles. The standard InChI is InChI=1S/C19H27N3O7S/c1-8-14-13(9(2)23)18(26)22(14)15(19(27)28)16(8)30-10-6-11(21-7-10)17(25)20-5-4-12(24)29-3/h8-11,13-14,21,23H,4-7H2,1-3H3,(H,20,25)(H,27,28)/t8-,9-,10+,11+,13-,14-/m1/s1. The van der Waals surface area contributed by atoms with Gasteiger partial charge in [0.25, 0.3) is 0 Å². The van der Waals surface area contributed by atoms with Gasteiger partial charge in [-0.1, -0.05) is 6.92 Å². The van der Waals surface area contributed by atoms with E-state index in [1.165, 1.54) is 23.8 Å². The normalized spacial score (nSPS) is 31.3. The maximum Gasteiger partial charge on any atom is 0.353 e. The van der Waals surface area contributed by atoms with Gasteiger partial charge in [0.15, 0.2) is 0 Å². The molecule has 3 aliphatic rings. The molecule has 0 saturated carbocycles. The minimum atomic E-state index is -1.16. The number of carbonyl (C=O) groups excluding carboxylic acids is 3. The lowest BCUT2D eigenvalue weighted by molar-refractivity contribution is -0.163. The molecule has 4 N–H and O–H groups in total. The Morgan fingerprint density at radius 2 is 2.10 bits per heavy atom. The summed E-state index contributed by atoms with van der Waals surface area (Å²) >= 11 is 1.38. The number of rotatable bonds is 8. The summed E-state index contributed by atoms with van der Waals surface area (Å²) in [7, 11) is 1.29. The van der Waals surface area contributed by atoms with E-state index in [9.17, 15) is 29.4 Å². The maximum atomic E-state index is 12.4. The van der Waals surface area contributed by atoms with Crippen LogP contribution in [0.5, 0.6) is 0 Å². The highest BCUT2D eigenvalue weighted by Gasteiger charge is 2.60. The zero-order valence-electron chi connectivity index (χ0n) is 17.1. The monoisotopic (exact) mass is 441 g/mol. The molecule has 0 unspecified atom stereocenters. The summed E-state index contributed by atoms with van der Waals surface area (Å²) in [6.45, 7) is 4.12. The number of aliphatic carboxylic acids is 1. The van der Waals surface area contributed by atoms with Crippen molar-refractivity contribution in [3.8, 4) is 0 Å². The highest BCUT2D eigenvalue weighted by molar-refractivity contribution is 8.03. The van der Waals surface area contributed by atoms with Gasteiger partial charge in [0.05, 0.1) is 37.6 Å². The molecular weight excluding hydrogens is 414 g/mol. The van der Waals surface area contributed by atoms with Crippen LogP contribution in [0.2, 0.25) is 0 Å². The fourth-order valence-electron chi connectivity index (χ4n) is 4.36. The summed E-state index contributed by atoms with van der Waals surface area (Å²) in [6.07, 6.45) is -0.252. The lowest BCUT2D eigenvalue weighted by Gasteiger charge is -2.46. The van der Waals surface area contributed by atoms with Crippen molar-refractivity contribution in [3.05, 3.63) is 10.6 Å². The summed E-state index contributed by atoms with van der Waals surface area (Å²) in [4.78, 5) is 49.6. The number of amides is 2. The van der Waals surface area contributed by atoms with E-state index in [0.29, 0.717) is 17.9 Å². The number of methoxy groups -OCH3 is 1. The molecule has 3 rings (SSSR count). The van der Waals surface area contributed by atoms with E-state index in [1.54, 1.807) is 6.92 Å². The van der Waals surface area contributed by atoms with Gasteiger partial charge in [0, 0.05) is 29.2 Å². The number of nitrogens with one attached hydrogen (secondary N) is 2. The van der Waals surface area contributed by atoms with E-state index < -0.39 is 30.0 Å². The largest absolute Gasteiger partial charge is 0.477 e. The molecule has 0 aromatic heterocycles. The molecular formula is C19H27N3O7S. The molecule has 10 nitrogen and oxygen atoms in total. The van der Waals surface area contributed by atoms with E-state index in [1.807, 2.05) is 6.92 Å². The topological polar surface area (TPSA) is 145 Å². The Bertz CT molecular complexity index is 784. The van der Waals surface area contributed by atoms with Gasteiger partial charge < -0.3 is 30.5 Å². The van der Waals surface area contributed by atoms with Crippen LogP contribution in [0.25, 0.3) is 0 Å². The van der Waals surface area contributed by atoms with Gasteiger partial charge in [0.2, 0.25) is 11.8 Å². The Hall–Kier alpha value is -2.11. The van der Waals surface area contributed by atoms with E-state index in [0.717, 1.165) is 0 Å². The number of aliphatic hydroxyl groups excluding tert-OH is 1. The first kappa shape index (κ1) is 22.6. The molecule has 2 amide bonds. The summed E-state index contributed by atoms with van der Waals surface area (Å²) < 4.78 is 4.53. The summed E-state index contributed by atoms with van der Waals surface area (Å²) in [5, 5.41) is 25.4. The van der Waals surface area contributed by atoms with E-state index in [2.05, 4.69) is 15.4 Å². The zero-order valence-corrected chi connectivity index (χ0v) is 17.9. The van der Waals surface area contributed by atoms with Crippen LogP contribution < -0.4 is 10.6 Å². The number of esters is 1. The lowest BCUT2D eigenvalue weighted by Crippen LogP contribution is -2.63. The molecule has 2 fully saturated rings. The number of carboxylic acid groups (broad SMARTS) is 1. The third kappa shape index (κ3) is 4.06. The molecule has 0 aromatic carbocycles. The van der Waals surface area contributed by atoms with Gasteiger partial charge in [-0.3, -0.25) is 14.4 Å². The molecule has 30 heavy (non-hydrogen) atoms. The van der Waals surface area contributed by atoms with Crippen molar-refractivity contribution >= 4 is 35.5 Å². The fraction of sp³-hybridized carbons (Fsp3) is 0.684. The van der Waals surface area contributed by atoms with Crippen LogP contribution in [-0.4, -0.2) is 82.5 Å². The molecule has 3 heterocycles. The highest BCUT2D eigenvalue weighted by Crippen LogP contribution is 2.51. The quantitative estimate of drug-likeness (QED) is 0.283. The molecule has 0 bridgehead atoms. The second kappa shape index (κ2) is 8.94. The number of β-lactam (4-membered cyclic amide) rings is 1. The van der Waals surface area contributed by atoms with Gasteiger partial charge in [0.1, 0.15) is 5.70 Å². The Balaban J connectivity index is 1.62. The van der Waals surface area contributed by atoms with Gasteiger partial charge in [-0.15, -0.1) is 11.8 Å². The van der Waals surface area contributed by atoms with Crippen molar-refractivity contribution in [1.29, 1.82) is 0 Å². The average molecular weight is 442 g/mol. The zero-order chi connectivity index (χ0) is 22.2. The Labute approximate surface area is 178 Å². The molecule has 11 heteroatoms. The van der Waals surface area contributed by atoms with Crippen LogP contribution in [0.15, 0.2) is 10.6 Å². The van der Waals surface area contributed by atoms with Gasteiger partial charge in [-0.25, -0.2) is 4.79 Å². The highest BCUT2D eigenvalue weighted by atomic mass is 32.2. The minimum Gasteiger partial charge on any atom is -0.477 e. The van der Waals surface area contributed by atoms with Gasteiger partial charge >= 0.3 is 11.9 Å². The van der Waals surface area contributed by atoms with Crippen LogP contribution in [0.3, 0.4) is 0 Å². The predicted molar refractivity (Wildman–Crippen MR) is 107 cm³/mol. The number of aliphatic hydroxyl groups is 1. The molecule has 0 aliphatic carbocycles. The number of hydrogen-bond donors (Lipinski definition) is 4. The average Bonchev–Trinajstić information content (AvgIpc) is 3.24. The second-order valence-corrected chi connectivity index (χ2v) is 9.17. The Morgan fingerprint density at radius 3 is 2.70 bits per heavy atom. The van der Waals surface area contributed by atoms with Crippen molar-refractivity contribution in [2.75, 3.05) is 20.2 Å². The van der Waals surface area contributed by atoms with Crippen LogP contribution >= 0.6 is 11.8 Å². The third-order valence-electron chi connectivity index (χ3n) is 5.87. The lowest BCUT2D eigenvalue weighted by atomic mass is 9.79. The number of ether oxygens (including phenoxy) is 1. The number of nitrogens with zero attached hydrogens (tertiary/aromatic N) is 1. The van der Waals surface area contributed by atoms with Gasteiger partial charge in [-0.05, 0) is 13.3 Å². The van der Waals surface area contributed by atoms with E-state index in [4.69, 9.17) is 0 Å². The van der Waals surface area contributed by atoms with Crippen molar-refractivity contribution < 1.29 is 34.1 Å². The summed E-state index contributed by atoms with van der Waals surface area (Å²) in [5.74, 6) is -2.94. The van der Waals surface area contributed by atoms with Crippen LogP contribution in [0, 0.1) is 11.8 Å². The number of carboxylic acids is 1. The molecule has 0 spiro atoms. The first-order chi connectivity index (χ1) is 14.2. The van der Waals surface area contributed by atoms with E-state index >= 15 is 0 Å². The predicted octanol–water partition coefficient (Wildman–Crippen LogP) is -0.717. The molecule has 0 radical (unpaired) electrons. The Kier molecular flexibility index (Phi) is 6.73. The van der Waals surface area contributed by atoms with Crippen LogP contribution in [0.4, 0.5) is 0 Å². The molecule has 3 aliphatic heterocycles. The number of fused-ring (bicyclic) bond motifs is 1. The number of thioether (sulfide) groups is 1. The summed E-state index contributed by atoms with van der Waals surface area (Å²) in [6, 6.07) is -0.785. The van der Waals surface area contributed by atoms with Crippen molar-refractivity contribution in [2.24, 2.45) is 11.8 Å². The first-order valence-electron chi connectivity index (χ1n) is 9.90. The summed E-state index contributed by atoms with van der Waals surface area (Å²) in [5.41, 5.74) is -0.00891. The van der Waals surface area contributed by atoms with Crippen molar-refractivity contribution in [1.82, 2.24) is 15.5 Å². The second-order valence-electron chi connectivity index (χ2n) is 7.83. The van der Waals surface area contributed by atoms with E-state index in [-0.39, 0.29) is 47.7 Å². The van der Waals surface area contributed by atoms with Crippen LogP contribution in [-0.2, 0) is 23.9 Å². The third-order valence-corrected chi connectivity index (χ3v) is 7.38. The van der Waals surface area contributed by atoms with Crippen molar-refractivity contribution in [2.45, 2.75) is 50.1 Å². The first-order valence-corrected chi connectivity index (χ1v) is 10.8. The fourth-order valence-corrected chi connectivity index (χ4v) is 5.84. The Morgan fingerprint density at radius 1 is 1.40 bits per heavy atom. The van der Waals surface area contributed by atoms with Gasteiger partial charge in [-0.2, -0.15) is 0 Å². The molecule has 166 valence electrons. The SMILES string of the molecule is COC(=O)CCNC(=O)[C@@H]1C[C@H](SC2=C(C(=O)O)N3C(=O)[C@H]([C@@H](C)O)[C@H]3[C@H]2C)CN1. The minimum absolute atomic E-state index is 0.00891.